The number of nitrogens with one attached hydrogen (secondary N) is 1. The van der Waals surface area contributed by atoms with Gasteiger partial charge in [0.2, 0.25) is 0 Å². The van der Waals surface area contributed by atoms with E-state index >= 15 is 0 Å². The van der Waals surface area contributed by atoms with E-state index in [2.05, 4.69) is 51.9 Å². The minimum absolute atomic E-state index is 0.736. The van der Waals surface area contributed by atoms with Crippen LogP contribution in [0.4, 0.5) is 0 Å². The normalized spacial score (nSPS) is 19.7. The van der Waals surface area contributed by atoms with E-state index in [9.17, 15) is 0 Å². The average molecular weight is 306 g/mol. The highest BCUT2D eigenvalue weighted by Crippen LogP contribution is 2.20. The summed E-state index contributed by atoms with van der Waals surface area (Å²) in [5, 5.41) is 4.24. The van der Waals surface area contributed by atoms with Crippen molar-refractivity contribution >= 4 is 17.7 Å². The van der Waals surface area contributed by atoms with Crippen LogP contribution in [0.1, 0.15) is 24.5 Å². The highest BCUT2D eigenvalue weighted by Gasteiger charge is 2.21. The molecule has 1 aliphatic heterocycles. The predicted octanol–water partition coefficient (Wildman–Crippen LogP) is 2.34. The van der Waals surface area contributed by atoms with Gasteiger partial charge in [-0.25, -0.2) is 0 Å². The SMILES string of the molecule is CCC1CN(C(=NC)NCCc2ccncc2C)CCS1. The van der Waals surface area contributed by atoms with Crippen molar-refractivity contribution in [1.29, 1.82) is 0 Å². The van der Waals surface area contributed by atoms with Crippen LogP contribution in [-0.2, 0) is 6.42 Å². The highest BCUT2D eigenvalue weighted by molar-refractivity contribution is 8.00. The fourth-order valence-corrected chi connectivity index (χ4v) is 3.76. The minimum atomic E-state index is 0.736. The second kappa shape index (κ2) is 8.27. The molecule has 1 fully saturated rings. The molecule has 0 aromatic carbocycles. The number of aliphatic imine (C=N–C) groups is 1. The summed E-state index contributed by atoms with van der Waals surface area (Å²) in [5.41, 5.74) is 2.61. The van der Waals surface area contributed by atoms with Crippen LogP contribution in [0.3, 0.4) is 0 Å². The third-order valence-corrected chi connectivity index (χ3v) is 5.29. The lowest BCUT2D eigenvalue weighted by Crippen LogP contribution is -2.48. The molecule has 0 aliphatic carbocycles. The number of aryl methyl sites for hydroxylation is 1. The average Bonchev–Trinajstić information content (AvgIpc) is 2.53. The van der Waals surface area contributed by atoms with E-state index in [0.717, 1.165) is 37.3 Å². The van der Waals surface area contributed by atoms with Gasteiger partial charge in [0.05, 0.1) is 0 Å². The van der Waals surface area contributed by atoms with Crippen LogP contribution < -0.4 is 5.32 Å². The van der Waals surface area contributed by atoms with Gasteiger partial charge < -0.3 is 10.2 Å². The Balaban J connectivity index is 1.84. The number of hydrogen-bond acceptors (Lipinski definition) is 3. The number of hydrogen-bond donors (Lipinski definition) is 1. The van der Waals surface area contributed by atoms with Gasteiger partial charge in [-0.05, 0) is 37.0 Å². The molecule has 4 nitrogen and oxygen atoms in total. The molecule has 0 amide bonds. The molecule has 1 aliphatic rings. The van der Waals surface area contributed by atoms with Gasteiger partial charge in [0.15, 0.2) is 5.96 Å². The number of nitrogens with zero attached hydrogens (tertiary/aromatic N) is 3. The minimum Gasteiger partial charge on any atom is -0.356 e. The van der Waals surface area contributed by atoms with Crippen molar-refractivity contribution in [2.75, 3.05) is 32.4 Å². The molecule has 0 saturated carbocycles. The van der Waals surface area contributed by atoms with Crippen LogP contribution in [0.2, 0.25) is 0 Å². The summed E-state index contributed by atoms with van der Waals surface area (Å²) in [4.78, 5) is 11.0. The summed E-state index contributed by atoms with van der Waals surface area (Å²) in [7, 11) is 1.88. The van der Waals surface area contributed by atoms with E-state index in [4.69, 9.17) is 0 Å². The van der Waals surface area contributed by atoms with Gasteiger partial charge in [0, 0.05) is 50.1 Å². The van der Waals surface area contributed by atoms with E-state index in [1.807, 2.05) is 19.4 Å². The largest absolute Gasteiger partial charge is 0.356 e. The molecule has 1 aromatic heterocycles. The molecule has 116 valence electrons. The maximum Gasteiger partial charge on any atom is 0.193 e. The Bertz CT molecular complexity index is 475. The number of rotatable bonds is 4. The fraction of sp³-hybridized carbons (Fsp3) is 0.625. The molecule has 1 saturated heterocycles. The molecule has 21 heavy (non-hydrogen) atoms. The van der Waals surface area contributed by atoms with Crippen LogP contribution >= 0.6 is 11.8 Å². The van der Waals surface area contributed by atoms with Gasteiger partial charge >= 0.3 is 0 Å². The molecule has 0 radical (unpaired) electrons. The third kappa shape index (κ3) is 4.63. The molecule has 1 unspecified atom stereocenters. The molecule has 1 aromatic rings. The summed E-state index contributed by atoms with van der Waals surface area (Å²) in [6, 6.07) is 2.10. The monoisotopic (exact) mass is 306 g/mol. The Kier molecular flexibility index (Phi) is 6.36. The van der Waals surface area contributed by atoms with Gasteiger partial charge in [-0.3, -0.25) is 9.98 Å². The van der Waals surface area contributed by atoms with Crippen molar-refractivity contribution in [3.63, 3.8) is 0 Å². The van der Waals surface area contributed by atoms with E-state index in [-0.39, 0.29) is 0 Å². The Morgan fingerprint density at radius 1 is 1.57 bits per heavy atom. The van der Waals surface area contributed by atoms with Crippen molar-refractivity contribution in [2.24, 2.45) is 4.99 Å². The van der Waals surface area contributed by atoms with Crippen molar-refractivity contribution in [2.45, 2.75) is 31.9 Å². The van der Waals surface area contributed by atoms with Crippen molar-refractivity contribution in [3.05, 3.63) is 29.6 Å². The fourth-order valence-electron chi connectivity index (χ4n) is 2.58. The number of thioether (sulfide) groups is 1. The topological polar surface area (TPSA) is 40.5 Å². The van der Waals surface area contributed by atoms with Gasteiger partial charge in [-0.1, -0.05) is 6.92 Å². The lowest BCUT2D eigenvalue weighted by atomic mass is 10.1. The van der Waals surface area contributed by atoms with Crippen molar-refractivity contribution in [1.82, 2.24) is 15.2 Å². The van der Waals surface area contributed by atoms with Crippen LogP contribution in [0.15, 0.2) is 23.5 Å². The van der Waals surface area contributed by atoms with Gasteiger partial charge in [-0.15, -0.1) is 0 Å². The van der Waals surface area contributed by atoms with Crippen molar-refractivity contribution in [3.8, 4) is 0 Å². The van der Waals surface area contributed by atoms with Crippen LogP contribution in [0.25, 0.3) is 0 Å². The summed E-state index contributed by atoms with van der Waals surface area (Å²) in [6.45, 7) is 7.50. The maximum absolute atomic E-state index is 4.44. The molecule has 0 bridgehead atoms. The van der Waals surface area contributed by atoms with E-state index < -0.39 is 0 Å². The zero-order valence-corrected chi connectivity index (χ0v) is 14.1. The Hall–Kier alpha value is -1.23. The number of aromatic nitrogens is 1. The predicted molar refractivity (Wildman–Crippen MR) is 92.1 cm³/mol. The number of pyridine rings is 1. The smallest absolute Gasteiger partial charge is 0.193 e. The molecule has 5 heteroatoms. The molecule has 1 N–H and O–H groups in total. The summed E-state index contributed by atoms with van der Waals surface area (Å²) in [6.07, 6.45) is 6.03. The van der Waals surface area contributed by atoms with Gasteiger partial charge in [-0.2, -0.15) is 11.8 Å². The van der Waals surface area contributed by atoms with Crippen LogP contribution in [-0.4, -0.2) is 53.5 Å². The first-order chi connectivity index (χ1) is 10.2. The first-order valence-electron chi connectivity index (χ1n) is 7.71. The molecular formula is C16H26N4S. The highest BCUT2D eigenvalue weighted by atomic mass is 32.2. The second-order valence-corrected chi connectivity index (χ2v) is 6.78. The zero-order chi connectivity index (χ0) is 15.1. The molecular weight excluding hydrogens is 280 g/mol. The molecule has 2 rings (SSSR count). The third-order valence-electron chi connectivity index (χ3n) is 3.92. The Morgan fingerprint density at radius 2 is 2.43 bits per heavy atom. The first-order valence-corrected chi connectivity index (χ1v) is 8.76. The lowest BCUT2D eigenvalue weighted by molar-refractivity contribution is 0.408. The van der Waals surface area contributed by atoms with E-state index in [0.29, 0.717) is 0 Å². The van der Waals surface area contributed by atoms with Gasteiger partial charge in [0.25, 0.3) is 0 Å². The maximum atomic E-state index is 4.44. The quantitative estimate of drug-likeness (QED) is 0.685. The van der Waals surface area contributed by atoms with Crippen LogP contribution in [0.5, 0.6) is 0 Å². The molecule has 2 heterocycles. The lowest BCUT2D eigenvalue weighted by Gasteiger charge is -2.34. The van der Waals surface area contributed by atoms with Gasteiger partial charge in [0.1, 0.15) is 0 Å². The van der Waals surface area contributed by atoms with E-state index in [1.165, 1.54) is 23.3 Å². The summed E-state index contributed by atoms with van der Waals surface area (Å²) < 4.78 is 0. The summed E-state index contributed by atoms with van der Waals surface area (Å²) >= 11 is 2.09. The Labute approximate surface area is 132 Å². The first kappa shape index (κ1) is 16.1. The zero-order valence-electron chi connectivity index (χ0n) is 13.3. The molecule has 0 spiro atoms. The Morgan fingerprint density at radius 3 is 3.14 bits per heavy atom. The van der Waals surface area contributed by atoms with Crippen LogP contribution in [0, 0.1) is 6.92 Å². The second-order valence-electron chi connectivity index (χ2n) is 5.37. The van der Waals surface area contributed by atoms with Crippen molar-refractivity contribution < 1.29 is 0 Å². The standard InChI is InChI=1S/C16H26N4S/c1-4-15-12-20(9-10-21-15)16(17-3)19-8-6-14-5-7-18-11-13(14)2/h5,7,11,15H,4,6,8-10,12H2,1-3H3,(H,17,19). The number of guanidine groups is 1. The summed E-state index contributed by atoms with van der Waals surface area (Å²) in [5.74, 6) is 2.24. The molecule has 1 atom stereocenters. The van der Waals surface area contributed by atoms with E-state index in [1.54, 1.807) is 0 Å².